The van der Waals surface area contributed by atoms with Gasteiger partial charge in [0.15, 0.2) is 0 Å². The fourth-order valence-corrected chi connectivity index (χ4v) is 6.26. The minimum absolute atomic E-state index is 0.0776. The van der Waals surface area contributed by atoms with E-state index in [1.807, 2.05) is 13.0 Å². The van der Waals surface area contributed by atoms with Crippen LogP contribution in [0.15, 0.2) is 11.6 Å². The topological polar surface area (TPSA) is 77.8 Å². The van der Waals surface area contributed by atoms with Gasteiger partial charge in [-0.25, -0.2) is 0 Å². The van der Waals surface area contributed by atoms with E-state index in [0.29, 0.717) is 6.42 Å². The van der Waals surface area contributed by atoms with E-state index in [1.165, 1.54) is 0 Å². The van der Waals surface area contributed by atoms with Crippen LogP contribution in [0.3, 0.4) is 0 Å². The lowest BCUT2D eigenvalue weighted by Crippen LogP contribution is -2.61. The Morgan fingerprint density at radius 3 is 2.42 bits per heavy atom. The van der Waals surface area contributed by atoms with Crippen LogP contribution in [0.25, 0.3) is 0 Å². The Labute approximate surface area is 145 Å². The average Bonchev–Trinajstić information content (AvgIpc) is 2.44. The Bertz CT molecular complexity index is 575. The molecule has 0 spiro atoms. The summed E-state index contributed by atoms with van der Waals surface area (Å²) in [5, 5.41) is 31.6. The maximum absolute atomic E-state index is 12.0. The molecule has 0 aliphatic heterocycles. The molecule has 24 heavy (non-hydrogen) atoms. The highest BCUT2D eigenvalue weighted by Gasteiger charge is 2.62. The number of hydrogen-bond donors (Lipinski definition) is 3. The van der Waals surface area contributed by atoms with Gasteiger partial charge in [0, 0.05) is 0 Å². The standard InChI is InChI=1S/C20H32O4/c1-17(2,23)13-6-7-15-18(3)9-5-10-19(4,16(21)22)14(18)8-11-20(15,24)12-13/h12,14-15,23-24H,5-11H2,1-4H3,(H,21,22). The summed E-state index contributed by atoms with van der Waals surface area (Å²) < 4.78 is 0. The van der Waals surface area contributed by atoms with Crippen molar-refractivity contribution in [2.45, 2.75) is 83.8 Å². The van der Waals surface area contributed by atoms with E-state index in [2.05, 4.69) is 6.92 Å². The minimum atomic E-state index is -0.907. The Morgan fingerprint density at radius 2 is 1.83 bits per heavy atom. The first-order chi connectivity index (χ1) is 10.9. The molecule has 0 amide bonds. The number of aliphatic carboxylic acids is 1. The van der Waals surface area contributed by atoms with Crippen LogP contribution in [0.4, 0.5) is 0 Å². The molecule has 3 aliphatic rings. The molecule has 2 fully saturated rings. The van der Waals surface area contributed by atoms with E-state index < -0.39 is 22.6 Å². The molecule has 3 rings (SSSR count). The molecule has 3 aliphatic carbocycles. The maximum Gasteiger partial charge on any atom is 0.309 e. The number of aliphatic hydroxyl groups is 2. The van der Waals surface area contributed by atoms with E-state index in [9.17, 15) is 20.1 Å². The molecule has 0 saturated heterocycles. The molecule has 136 valence electrons. The molecule has 0 aromatic carbocycles. The van der Waals surface area contributed by atoms with Crippen LogP contribution in [0, 0.1) is 22.7 Å². The number of fused-ring (bicyclic) bond motifs is 3. The lowest BCUT2D eigenvalue weighted by atomic mass is 9.43. The third-order valence-electron chi connectivity index (χ3n) is 7.61. The van der Waals surface area contributed by atoms with Gasteiger partial charge in [-0.15, -0.1) is 0 Å². The van der Waals surface area contributed by atoms with E-state index >= 15 is 0 Å². The zero-order valence-corrected chi connectivity index (χ0v) is 15.4. The summed E-state index contributed by atoms with van der Waals surface area (Å²) in [6, 6.07) is 0. The zero-order chi connectivity index (χ0) is 18.0. The molecule has 5 atom stereocenters. The third kappa shape index (κ3) is 2.45. The second-order valence-corrected chi connectivity index (χ2v) is 9.48. The van der Waals surface area contributed by atoms with Crippen molar-refractivity contribution in [3.63, 3.8) is 0 Å². The smallest absolute Gasteiger partial charge is 0.309 e. The first-order valence-corrected chi connectivity index (χ1v) is 9.34. The van der Waals surface area contributed by atoms with Gasteiger partial charge in [-0.3, -0.25) is 4.79 Å². The van der Waals surface area contributed by atoms with Crippen molar-refractivity contribution in [1.82, 2.24) is 0 Å². The normalized spacial score (nSPS) is 45.8. The quantitative estimate of drug-likeness (QED) is 0.674. The Balaban J connectivity index is 2.00. The molecular weight excluding hydrogens is 304 g/mol. The Hall–Kier alpha value is -0.870. The SMILES string of the molecule is CC(C)(O)C1=CC2(O)CCC3C(C)(C(=O)O)CCCC3(C)C2CC1. The molecule has 0 aromatic rings. The molecule has 4 heteroatoms. The van der Waals surface area contributed by atoms with Gasteiger partial charge in [-0.05, 0) is 82.1 Å². The molecule has 0 aromatic heterocycles. The van der Waals surface area contributed by atoms with Crippen LogP contribution in [0.2, 0.25) is 0 Å². The van der Waals surface area contributed by atoms with E-state index in [-0.39, 0.29) is 17.3 Å². The first-order valence-electron chi connectivity index (χ1n) is 9.34. The fourth-order valence-electron chi connectivity index (χ4n) is 6.26. The molecule has 0 bridgehead atoms. The van der Waals surface area contributed by atoms with Gasteiger partial charge in [-0.1, -0.05) is 19.4 Å². The number of carbonyl (C=O) groups is 1. The molecule has 0 heterocycles. The van der Waals surface area contributed by atoms with Gasteiger partial charge < -0.3 is 15.3 Å². The molecule has 4 nitrogen and oxygen atoms in total. The lowest BCUT2D eigenvalue weighted by Gasteiger charge is -2.62. The predicted molar refractivity (Wildman–Crippen MR) is 92.5 cm³/mol. The van der Waals surface area contributed by atoms with Crippen molar-refractivity contribution in [1.29, 1.82) is 0 Å². The summed E-state index contributed by atoms with van der Waals surface area (Å²) >= 11 is 0. The fraction of sp³-hybridized carbons (Fsp3) is 0.850. The van der Waals surface area contributed by atoms with Gasteiger partial charge in [0.25, 0.3) is 0 Å². The van der Waals surface area contributed by atoms with E-state index in [0.717, 1.165) is 44.1 Å². The highest BCUT2D eigenvalue weighted by molar-refractivity contribution is 5.75. The lowest BCUT2D eigenvalue weighted by molar-refractivity contribution is -0.186. The van der Waals surface area contributed by atoms with Crippen LogP contribution >= 0.6 is 0 Å². The van der Waals surface area contributed by atoms with Crippen molar-refractivity contribution in [3.8, 4) is 0 Å². The summed E-state index contributed by atoms with van der Waals surface area (Å²) in [4.78, 5) is 12.0. The van der Waals surface area contributed by atoms with E-state index in [4.69, 9.17) is 0 Å². The summed E-state index contributed by atoms with van der Waals surface area (Å²) in [6.45, 7) is 7.66. The third-order valence-corrected chi connectivity index (χ3v) is 7.61. The highest BCUT2D eigenvalue weighted by atomic mass is 16.4. The Kier molecular flexibility index (Phi) is 3.97. The van der Waals surface area contributed by atoms with Gasteiger partial charge in [0.05, 0.1) is 16.6 Å². The van der Waals surface area contributed by atoms with Crippen molar-refractivity contribution in [2.24, 2.45) is 22.7 Å². The summed E-state index contributed by atoms with van der Waals surface area (Å²) in [6.07, 6.45) is 7.48. The van der Waals surface area contributed by atoms with Crippen LogP contribution in [-0.4, -0.2) is 32.5 Å². The monoisotopic (exact) mass is 336 g/mol. The van der Waals surface area contributed by atoms with Crippen LogP contribution < -0.4 is 0 Å². The molecule has 2 saturated carbocycles. The van der Waals surface area contributed by atoms with Crippen LogP contribution in [0.1, 0.15) is 72.6 Å². The van der Waals surface area contributed by atoms with Crippen LogP contribution in [-0.2, 0) is 4.79 Å². The van der Waals surface area contributed by atoms with Crippen LogP contribution in [0.5, 0.6) is 0 Å². The van der Waals surface area contributed by atoms with Gasteiger partial charge in [0.1, 0.15) is 0 Å². The average molecular weight is 336 g/mol. The van der Waals surface area contributed by atoms with Crippen molar-refractivity contribution in [3.05, 3.63) is 11.6 Å². The zero-order valence-electron chi connectivity index (χ0n) is 15.4. The second kappa shape index (κ2) is 5.31. The minimum Gasteiger partial charge on any atom is -0.481 e. The largest absolute Gasteiger partial charge is 0.481 e. The highest BCUT2D eigenvalue weighted by Crippen LogP contribution is 2.64. The van der Waals surface area contributed by atoms with Crippen molar-refractivity contribution in [2.75, 3.05) is 0 Å². The number of carboxylic acids is 1. The summed E-state index contributed by atoms with van der Waals surface area (Å²) in [7, 11) is 0. The van der Waals surface area contributed by atoms with Gasteiger partial charge >= 0.3 is 5.97 Å². The predicted octanol–water partition coefficient (Wildman–Crippen LogP) is 3.52. The van der Waals surface area contributed by atoms with Gasteiger partial charge in [-0.2, -0.15) is 0 Å². The molecular formula is C20H32O4. The van der Waals surface area contributed by atoms with Gasteiger partial charge in [0.2, 0.25) is 0 Å². The first kappa shape index (κ1) is 17.9. The molecule has 3 N–H and O–H groups in total. The maximum atomic E-state index is 12.0. The number of hydrogen-bond acceptors (Lipinski definition) is 3. The number of rotatable bonds is 2. The molecule has 5 unspecified atom stereocenters. The molecule has 0 radical (unpaired) electrons. The second-order valence-electron chi connectivity index (χ2n) is 9.48. The number of carboxylic acid groups (broad SMARTS) is 1. The summed E-state index contributed by atoms with van der Waals surface area (Å²) in [5.41, 5.74) is -1.73. The van der Waals surface area contributed by atoms with E-state index in [1.54, 1.807) is 13.8 Å². The summed E-state index contributed by atoms with van der Waals surface area (Å²) in [5.74, 6) is -0.500. The Morgan fingerprint density at radius 1 is 1.17 bits per heavy atom. The van der Waals surface area contributed by atoms with Crippen molar-refractivity contribution >= 4 is 5.97 Å². The van der Waals surface area contributed by atoms with Crippen molar-refractivity contribution < 1.29 is 20.1 Å².